The van der Waals surface area contributed by atoms with E-state index < -0.39 is 11.9 Å². The zero-order chi connectivity index (χ0) is 14.5. The predicted octanol–water partition coefficient (Wildman–Crippen LogP) is 2.10. The molecule has 104 valence electrons. The monoisotopic (exact) mass is 294 g/mol. The van der Waals surface area contributed by atoms with Gasteiger partial charge in [-0.05, 0) is 30.8 Å². The lowest BCUT2D eigenvalue weighted by molar-refractivity contribution is 0.0518. The van der Waals surface area contributed by atoms with Crippen LogP contribution in [0.1, 0.15) is 27.8 Å². The second-order valence-corrected chi connectivity index (χ2v) is 4.48. The number of hydrogen-bond acceptors (Lipinski definition) is 7. The molecule has 20 heavy (non-hydrogen) atoms. The first kappa shape index (κ1) is 14.1. The van der Waals surface area contributed by atoms with Crippen LogP contribution in [-0.4, -0.2) is 33.6 Å². The van der Waals surface area contributed by atoms with Crippen molar-refractivity contribution < 1.29 is 23.8 Å². The number of aromatic nitrogens is 2. The largest absolute Gasteiger partial charge is 0.478 e. The number of nitrogens with zero attached hydrogens (tertiary/aromatic N) is 2. The van der Waals surface area contributed by atoms with Gasteiger partial charge in [-0.25, -0.2) is 14.6 Å². The maximum Gasteiger partial charge on any atom is 0.360 e. The molecule has 0 aliphatic heterocycles. The number of carbonyl (C=O) groups is 2. The zero-order valence-electron chi connectivity index (χ0n) is 10.4. The van der Waals surface area contributed by atoms with Crippen molar-refractivity contribution in [2.45, 2.75) is 17.2 Å². The smallest absolute Gasteiger partial charge is 0.360 e. The van der Waals surface area contributed by atoms with E-state index in [1.807, 2.05) is 0 Å². The Morgan fingerprint density at radius 2 is 2.25 bits per heavy atom. The van der Waals surface area contributed by atoms with Gasteiger partial charge in [0.1, 0.15) is 11.3 Å². The normalized spacial score (nSPS) is 10.2. The molecule has 2 rings (SSSR count). The van der Waals surface area contributed by atoms with Gasteiger partial charge in [-0.1, -0.05) is 0 Å². The summed E-state index contributed by atoms with van der Waals surface area (Å²) in [5, 5.41) is 9.48. The second kappa shape index (κ2) is 6.20. The number of ether oxygens (including phenoxy) is 1. The summed E-state index contributed by atoms with van der Waals surface area (Å²) in [6, 6.07) is 2.95. The Hall–Kier alpha value is -2.35. The van der Waals surface area contributed by atoms with Crippen LogP contribution >= 0.6 is 11.8 Å². The maximum atomic E-state index is 11.4. The third-order valence-electron chi connectivity index (χ3n) is 2.14. The molecule has 0 spiro atoms. The van der Waals surface area contributed by atoms with Crippen molar-refractivity contribution in [3.63, 3.8) is 0 Å². The molecule has 0 amide bonds. The SMILES string of the molecule is CCOC(=O)c1coc(Sc2ccc(C(=O)O)cn2)n1. The number of oxazole rings is 1. The molecule has 0 unspecified atom stereocenters. The maximum absolute atomic E-state index is 11.4. The van der Waals surface area contributed by atoms with Crippen molar-refractivity contribution in [1.82, 2.24) is 9.97 Å². The van der Waals surface area contributed by atoms with Gasteiger partial charge in [0.15, 0.2) is 5.69 Å². The summed E-state index contributed by atoms with van der Waals surface area (Å²) in [5.41, 5.74) is 0.172. The lowest BCUT2D eigenvalue weighted by Gasteiger charge is -1.97. The first-order valence-electron chi connectivity index (χ1n) is 5.60. The van der Waals surface area contributed by atoms with Gasteiger partial charge in [0.2, 0.25) is 0 Å². The summed E-state index contributed by atoms with van der Waals surface area (Å²) in [5.74, 6) is -1.60. The molecule has 7 nitrogen and oxygen atoms in total. The Kier molecular flexibility index (Phi) is 4.36. The molecule has 2 heterocycles. The van der Waals surface area contributed by atoms with E-state index >= 15 is 0 Å². The Morgan fingerprint density at radius 1 is 1.45 bits per heavy atom. The zero-order valence-corrected chi connectivity index (χ0v) is 11.2. The first-order chi connectivity index (χ1) is 9.60. The van der Waals surface area contributed by atoms with Crippen molar-refractivity contribution in [3.8, 4) is 0 Å². The van der Waals surface area contributed by atoms with E-state index in [4.69, 9.17) is 14.3 Å². The third kappa shape index (κ3) is 3.35. The van der Waals surface area contributed by atoms with E-state index in [1.165, 1.54) is 24.6 Å². The molecular weight excluding hydrogens is 284 g/mol. The standard InChI is InChI=1S/C12H10N2O5S/c1-2-18-11(17)8-6-19-12(14-8)20-9-4-3-7(5-13-9)10(15)16/h3-6H,2H2,1H3,(H,15,16). The Balaban J connectivity index is 2.06. The van der Waals surface area contributed by atoms with Gasteiger partial charge < -0.3 is 14.3 Å². The Labute approximate surface area is 118 Å². The van der Waals surface area contributed by atoms with Gasteiger partial charge in [0.05, 0.1) is 12.2 Å². The number of rotatable bonds is 5. The molecule has 0 aromatic carbocycles. The van der Waals surface area contributed by atoms with E-state index in [0.29, 0.717) is 5.03 Å². The molecule has 8 heteroatoms. The molecule has 2 aromatic rings. The van der Waals surface area contributed by atoms with Gasteiger partial charge >= 0.3 is 11.9 Å². The average molecular weight is 294 g/mol. The van der Waals surface area contributed by atoms with Crippen LogP contribution in [0.25, 0.3) is 0 Å². The van der Waals surface area contributed by atoms with Crippen molar-refractivity contribution in [1.29, 1.82) is 0 Å². The van der Waals surface area contributed by atoms with Crippen molar-refractivity contribution in [3.05, 3.63) is 35.9 Å². The van der Waals surface area contributed by atoms with E-state index in [0.717, 1.165) is 11.8 Å². The summed E-state index contributed by atoms with van der Waals surface area (Å²) in [6.07, 6.45) is 2.44. The summed E-state index contributed by atoms with van der Waals surface area (Å²) in [6.45, 7) is 1.95. The lowest BCUT2D eigenvalue weighted by Crippen LogP contribution is -2.04. The highest BCUT2D eigenvalue weighted by molar-refractivity contribution is 7.99. The molecule has 0 aliphatic rings. The van der Waals surface area contributed by atoms with Crippen LogP contribution in [0.3, 0.4) is 0 Å². The minimum absolute atomic E-state index is 0.0801. The van der Waals surface area contributed by atoms with Crippen LogP contribution in [0, 0.1) is 0 Å². The molecule has 0 aliphatic carbocycles. The molecular formula is C12H10N2O5S. The fourth-order valence-electron chi connectivity index (χ4n) is 1.26. The number of carboxylic acid groups (broad SMARTS) is 1. The first-order valence-corrected chi connectivity index (χ1v) is 6.41. The Morgan fingerprint density at radius 3 is 2.85 bits per heavy atom. The summed E-state index contributed by atoms with van der Waals surface area (Å²) in [7, 11) is 0. The quantitative estimate of drug-likeness (QED) is 0.836. The van der Waals surface area contributed by atoms with Gasteiger partial charge in [-0.2, -0.15) is 4.98 Å². The summed E-state index contributed by atoms with van der Waals surface area (Å²) in [4.78, 5) is 30.0. The van der Waals surface area contributed by atoms with Crippen LogP contribution in [0.15, 0.2) is 39.3 Å². The Bertz CT molecular complexity index is 623. The highest BCUT2D eigenvalue weighted by Crippen LogP contribution is 2.25. The number of carboxylic acids is 1. The van der Waals surface area contributed by atoms with Crippen LogP contribution in [0.2, 0.25) is 0 Å². The van der Waals surface area contributed by atoms with Crippen LogP contribution in [0.4, 0.5) is 0 Å². The molecule has 2 aromatic heterocycles. The lowest BCUT2D eigenvalue weighted by atomic mass is 10.3. The fraction of sp³-hybridized carbons (Fsp3) is 0.167. The van der Waals surface area contributed by atoms with Crippen molar-refractivity contribution in [2.75, 3.05) is 6.61 Å². The molecule has 0 saturated carbocycles. The van der Waals surface area contributed by atoms with Crippen LogP contribution in [0.5, 0.6) is 0 Å². The van der Waals surface area contributed by atoms with Crippen LogP contribution < -0.4 is 0 Å². The number of carbonyl (C=O) groups excluding carboxylic acids is 1. The third-order valence-corrected chi connectivity index (χ3v) is 2.96. The number of esters is 1. The second-order valence-electron chi connectivity index (χ2n) is 3.51. The average Bonchev–Trinajstić information content (AvgIpc) is 2.88. The predicted molar refractivity (Wildman–Crippen MR) is 67.8 cm³/mol. The van der Waals surface area contributed by atoms with Crippen molar-refractivity contribution >= 4 is 23.7 Å². The topological polar surface area (TPSA) is 103 Å². The minimum Gasteiger partial charge on any atom is -0.478 e. The van der Waals surface area contributed by atoms with Crippen LogP contribution in [-0.2, 0) is 4.74 Å². The van der Waals surface area contributed by atoms with Gasteiger partial charge in [0, 0.05) is 6.20 Å². The number of pyridine rings is 1. The van der Waals surface area contributed by atoms with Gasteiger partial charge in [0.25, 0.3) is 5.22 Å². The molecule has 0 radical (unpaired) electrons. The number of aromatic carboxylic acids is 1. The molecule has 0 atom stereocenters. The molecule has 0 bridgehead atoms. The van der Waals surface area contributed by atoms with E-state index in [9.17, 15) is 9.59 Å². The molecule has 0 saturated heterocycles. The van der Waals surface area contributed by atoms with E-state index in [2.05, 4.69) is 9.97 Å². The summed E-state index contributed by atoms with van der Waals surface area (Å²) < 4.78 is 9.89. The summed E-state index contributed by atoms with van der Waals surface area (Å²) >= 11 is 1.07. The number of hydrogen-bond donors (Lipinski definition) is 1. The van der Waals surface area contributed by atoms with E-state index in [1.54, 1.807) is 6.92 Å². The van der Waals surface area contributed by atoms with E-state index in [-0.39, 0.29) is 23.1 Å². The molecule has 0 fully saturated rings. The van der Waals surface area contributed by atoms with Crippen molar-refractivity contribution in [2.24, 2.45) is 0 Å². The fourth-order valence-corrected chi connectivity index (χ4v) is 1.92. The highest BCUT2D eigenvalue weighted by Gasteiger charge is 2.14. The van der Waals surface area contributed by atoms with Gasteiger partial charge in [-0.15, -0.1) is 0 Å². The molecule has 1 N–H and O–H groups in total. The highest BCUT2D eigenvalue weighted by atomic mass is 32.2. The van der Waals surface area contributed by atoms with Gasteiger partial charge in [-0.3, -0.25) is 0 Å². The minimum atomic E-state index is -1.05.